The summed E-state index contributed by atoms with van der Waals surface area (Å²) in [4.78, 5) is 76.7. The summed E-state index contributed by atoms with van der Waals surface area (Å²) in [6.45, 7) is 10.2. The minimum absolute atomic E-state index is 0.0379. The number of nitrogen functional groups attached to an aromatic ring is 1. The van der Waals surface area contributed by atoms with Crippen LogP contribution in [0.25, 0.3) is 0 Å². The van der Waals surface area contributed by atoms with Gasteiger partial charge in [-0.3, -0.25) is 9.59 Å². The van der Waals surface area contributed by atoms with E-state index in [0.29, 0.717) is 33.8 Å². The Labute approximate surface area is 260 Å². The van der Waals surface area contributed by atoms with E-state index in [4.69, 9.17) is 15.2 Å². The number of carboxylic acid groups (broad SMARTS) is 1. The van der Waals surface area contributed by atoms with Gasteiger partial charge in [0.2, 0.25) is 0 Å². The second-order valence-electron chi connectivity index (χ2n) is 12.5. The molecule has 3 N–H and O–H groups in total. The van der Waals surface area contributed by atoms with Gasteiger partial charge in [0.1, 0.15) is 11.2 Å². The minimum Gasteiger partial charge on any atom is -0.478 e. The van der Waals surface area contributed by atoms with E-state index >= 15 is 0 Å². The van der Waals surface area contributed by atoms with Crippen molar-refractivity contribution in [1.29, 1.82) is 0 Å². The molecule has 2 aliphatic rings. The fourth-order valence-corrected chi connectivity index (χ4v) is 4.69. The highest BCUT2D eigenvalue weighted by atomic mass is 16.6. The van der Waals surface area contributed by atoms with E-state index in [1.54, 1.807) is 60.7 Å². The van der Waals surface area contributed by atoms with Crippen LogP contribution in [0, 0.1) is 0 Å². The Kier molecular flexibility index (Phi) is 9.51. The van der Waals surface area contributed by atoms with E-state index in [-0.39, 0.29) is 34.8 Å². The van der Waals surface area contributed by atoms with Crippen LogP contribution in [0.4, 0.5) is 21.0 Å². The average molecular weight is 627 g/mol. The number of nitrogens with two attached hydrogens (primary N) is 1. The number of ether oxygens (including phenoxy) is 3. The van der Waals surface area contributed by atoms with Crippen LogP contribution in [0.5, 0.6) is 0 Å². The molecule has 14 heteroatoms. The minimum atomic E-state index is -1.21. The lowest BCUT2D eigenvalue weighted by atomic mass is 10.0. The van der Waals surface area contributed by atoms with Crippen molar-refractivity contribution in [2.45, 2.75) is 65.8 Å². The first-order chi connectivity index (χ1) is 20.7. The van der Waals surface area contributed by atoms with Gasteiger partial charge in [0.05, 0.1) is 35.1 Å². The molecule has 0 fully saturated rings. The Morgan fingerprint density at radius 1 is 0.778 bits per heavy atom. The number of imide groups is 1. The predicted octanol–water partition coefficient (Wildman–Crippen LogP) is 4.29. The zero-order valence-electron chi connectivity index (χ0n) is 26.8. The first-order valence-electron chi connectivity index (χ1n) is 13.8. The smallest absolute Gasteiger partial charge is 0.424 e. The number of esters is 1. The molecule has 4 rings (SSSR count). The molecule has 2 aromatic carbocycles. The number of carbonyl (C=O) groups excluding carboxylic acids is 5. The van der Waals surface area contributed by atoms with E-state index in [9.17, 15) is 33.9 Å². The summed E-state index contributed by atoms with van der Waals surface area (Å²) >= 11 is 0. The van der Waals surface area contributed by atoms with Gasteiger partial charge < -0.3 is 34.9 Å². The second kappa shape index (κ2) is 12.5. The van der Waals surface area contributed by atoms with Crippen molar-refractivity contribution in [1.82, 2.24) is 9.80 Å². The molecule has 0 aliphatic carbocycles. The Morgan fingerprint density at radius 3 is 1.67 bits per heavy atom. The number of benzene rings is 2. The first-order valence-corrected chi connectivity index (χ1v) is 13.8. The summed E-state index contributed by atoms with van der Waals surface area (Å²) in [5, 5.41) is 9.45. The van der Waals surface area contributed by atoms with Gasteiger partial charge in [-0.15, -0.1) is 0 Å². The number of amides is 4. The average Bonchev–Trinajstić information content (AvgIpc) is 3.37. The summed E-state index contributed by atoms with van der Waals surface area (Å²) < 4.78 is 15.3. The second-order valence-corrected chi connectivity index (χ2v) is 12.5. The standard InChI is InChI=1S/C20H26N2O7.C11H12N2O3/c1-19(2,3)28-17(26)22(18(27)29-20(4,5)6)13-9-8-11(16(24)25)12-10-21(7)15(23)14(12)13;1-13-5-7-6(11(15)16-2)3-4-8(12)9(7)10(13)14/h8-9H,10H2,1-7H3,(H,24,25);3-4H,5,12H2,1-2H3. The third kappa shape index (κ3) is 7.33. The molecular formula is C31H38N4O10. The molecule has 0 radical (unpaired) electrons. The molecule has 0 aromatic heterocycles. The van der Waals surface area contributed by atoms with Crippen molar-refractivity contribution < 1.29 is 48.1 Å². The zero-order valence-corrected chi connectivity index (χ0v) is 26.8. The number of methoxy groups -OCH3 is 1. The van der Waals surface area contributed by atoms with Crippen molar-refractivity contribution >= 4 is 47.3 Å². The molecule has 0 bridgehead atoms. The van der Waals surface area contributed by atoms with Crippen LogP contribution in [0.3, 0.4) is 0 Å². The summed E-state index contributed by atoms with van der Waals surface area (Å²) in [5.41, 5.74) is 5.82. The number of anilines is 2. The monoisotopic (exact) mass is 626 g/mol. The molecule has 2 heterocycles. The van der Waals surface area contributed by atoms with Crippen LogP contribution in [0.15, 0.2) is 24.3 Å². The van der Waals surface area contributed by atoms with E-state index < -0.39 is 41.2 Å². The quantitative estimate of drug-likeness (QED) is 0.281. The third-order valence-electron chi connectivity index (χ3n) is 6.58. The van der Waals surface area contributed by atoms with E-state index in [1.807, 2.05) is 0 Å². The van der Waals surface area contributed by atoms with Gasteiger partial charge in [-0.2, -0.15) is 4.90 Å². The van der Waals surface area contributed by atoms with E-state index in [2.05, 4.69) is 4.74 Å². The predicted molar refractivity (Wildman–Crippen MR) is 162 cm³/mol. The highest BCUT2D eigenvalue weighted by molar-refractivity contribution is 6.16. The largest absolute Gasteiger partial charge is 0.478 e. The van der Waals surface area contributed by atoms with Crippen LogP contribution in [-0.2, 0) is 27.3 Å². The number of fused-ring (bicyclic) bond motifs is 2. The van der Waals surface area contributed by atoms with Crippen LogP contribution >= 0.6 is 0 Å². The Bertz CT molecular complexity index is 1560. The Balaban J connectivity index is 0.000000289. The number of nitrogens with zero attached hydrogens (tertiary/aromatic N) is 3. The topological polar surface area (TPSA) is 186 Å². The maximum atomic E-state index is 12.9. The number of carbonyl (C=O) groups is 6. The van der Waals surface area contributed by atoms with E-state index in [1.165, 1.54) is 36.1 Å². The van der Waals surface area contributed by atoms with Crippen molar-refractivity contribution in [3.63, 3.8) is 0 Å². The molecule has 45 heavy (non-hydrogen) atoms. The molecule has 4 amide bonds. The highest BCUT2D eigenvalue weighted by Crippen LogP contribution is 2.35. The van der Waals surface area contributed by atoms with E-state index in [0.717, 1.165) is 0 Å². The van der Waals surface area contributed by atoms with Crippen molar-refractivity contribution in [2.24, 2.45) is 0 Å². The van der Waals surface area contributed by atoms with Crippen molar-refractivity contribution in [3.05, 3.63) is 57.6 Å². The number of hydrogen-bond donors (Lipinski definition) is 2. The molecule has 14 nitrogen and oxygen atoms in total. The van der Waals surface area contributed by atoms with Crippen molar-refractivity contribution in [2.75, 3.05) is 31.8 Å². The highest BCUT2D eigenvalue weighted by Gasteiger charge is 2.40. The Morgan fingerprint density at radius 2 is 1.22 bits per heavy atom. The van der Waals surface area contributed by atoms with Gasteiger partial charge in [-0.25, -0.2) is 19.2 Å². The molecule has 0 spiro atoms. The van der Waals surface area contributed by atoms with Gasteiger partial charge in [0.25, 0.3) is 11.8 Å². The molecule has 2 aliphatic heterocycles. The fourth-order valence-electron chi connectivity index (χ4n) is 4.69. The van der Waals surface area contributed by atoms with Gasteiger partial charge in [-0.05, 0) is 65.8 Å². The zero-order chi connectivity index (χ0) is 34.2. The Hall–Kier alpha value is -5.14. The SMILES string of the molecule is CN1Cc2c(C(=O)O)ccc(N(C(=O)OC(C)(C)C)C(=O)OC(C)(C)C)c2C1=O.COC(=O)c1ccc(N)c2c1CN(C)C2=O. The molecule has 0 saturated carbocycles. The number of aromatic carboxylic acids is 1. The summed E-state index contributed by atoms with van der Waals surface area (Å²) in [5.74, 6) is -2.31. The van der Waals surface area contributed by atoms with Crippen LogP contribution < -0.4 is 10.6 Å². The number of hydrogen-bond acceptors (Lipinski definition) is 10. The van der Waals surface area contributed by atoms with Gasteiger partial charge in [0, 0.05) is 44.0 Å². The lowest BCUT2D eigenvalue weighted by molar-refractivity contribution is 0.0428. The summed E-state index contributed by atoms with van der Waals surface area (Å²) in [7, 11) is 4.48. The third-order valence-corrected chi connectivity index (χ3v) is 6.58. The maximum Gasteiger partial charge on any atom is 0.424 e. The summed E-state index contributed by atoms with van der Waals surface area (Å²) in [6.07, 6.45) is -2.06. The normalized spacial score (nSPS) is 13.8. The van der Waals surface area contributed by atoms with Crippen LogP contribution in [-0.4, -0.2) is 83.3 Å². The van der Waals surface area contributed by atoms with Gasteiger partial charge in [0.15, 0.2) is 0 Å². The molecule has 2 aromatic rings. The number of carboxylic acids is 1. The molecular weight excluding hydrogens is 588 g/mol. The van der Waals surface area contributed by atoms with Gasteiger partial charge in [-0.1, -0.05) is 0 Å². The van der Waals surface area contributed by atoms with Crippen LogP contribution in [0.1, 0.15) is 94.1 Å². The summed E-state index contributed by atoms with van der Waals surface area (Å²) in [6, 6.07) is 5.65. The molecule has 242 valence electrons. The number of rotatable bonds is 3. The van der Waals surface area contributed by atoms with Crippen molar-refractivity contribution in [3.8, 4) is 0 Å². The van der Waals surface area contributed by atoms with Crippen LogP contribution in [0.2, 0.25) is 0 Å². The lowest BCUT2D eigenvalue weighted by Gasteiger charge is -2.29. The van der Waals surface area contributed by atoms with Gasteiger partial charge >= 0.3 is 24.1 Å². The molecule has 0 unspecified atom stereocenters. The first kappa shape index (κ1) is 34.4. The molecule has 0 saturated heterocycles. The maximum absolute atomic E-state index is 12.9. The molecule has 0 atom stereocenters. The lowest BCUT2D eigenvalue weighted by Crippen LogP contribution is -2.44. The fraction of sp³-hybridized carbons (Fsp3) is 0.419.